The second-order valence-electron chi connectivity index (χ2n) is 2.36. The Morgan fingerprint density at radius 2 is 2.58 bits per heavy atom. The summed E-state index contributed by atoms with van der Waals surface area (Å²) < 4.78 is 6.82. The van der Waals surface area contributed by atoms with Gasteiger partial charge in [-0.2, -0.15) is 5.10 Å². The van der Waals surface area contributed by atoms with Crippen molar-refractivity contribution in [1.29, 1.82) is 0 Å². The number of aryl methyl sites for hydroxylation is 1. The van der Waals surface area contributed by atoms with E-state index in [1.165, 1.54) is 0 Å². The number of rotatable bonds is 4. The van der Waals surface area contributed by atoms with Crippen molar-refractivity contribution in [1.82, 2.24) is 9.78 Å². The van der Waals surface area contributed by atoms with Crippen LogP contribution in [0.5, 0.6) is 5.88 Å². The number of hydrogen-bond acceptors (Lipinski definition) is 3. The molecule has 0 atom stereocenters. The summed E-state index contributed by atoms with van der Waals surface area (Å²) in [5.74, 6) is 0.638. The van der Waals surface area contributed by atoms with Crippen molar-refractivity contribution in [3.8, 4) is 5.88 Å². The molecule has 0 radical (unpaired) electrons. The van der Waals surface area contributed by atoms with Gasteiger partial charge in [0.2, 0.25) is 5.88 Å². The Morgan fingerprint density at radius 3 is 3.08 bits per heavy atom. The Kier molecular flexibility index (Phi) is 2.88. The van der Waals surface area contributed by atoms with Gasteiger partial charge in [0.1, 0.15) is 6.61 Å². The van der Waals surface area contributed by atoms with E-state index in [4.69, 9.17) is 9.84 Å². The molecule has 1 rings (SSSR count). The van der Waals surface area contributed by atoms with Gasteiger partial charge in [0.25, 0.3) is 0 Å². The van der Waals surface area contributed by atoms with Crippen LogP contribution >= 0.6 is 0 Å². The summed E-state index contributed by atoms with van der Waals surface area (Å²) in [6.07, 6.45) is 1.66. The third-order valence-electron chi connectivity index (χ3n) is 1.40. The molecule has 12 heavy (non-hydrogen) atoms. The van der Waals surface area contributed by atoms with Crippen LogP contribution in [-0.2, 0) is 13.7 Å². The molecular weight excluding hydrogens is 156 g/mol. The summed E-state index contributed by atoms with van der Waals surface area (Å²) >= 11 is 0. The molecule has 0 fully saturated rings. The number of nitrogens with zero attached hydrogens (tertiary/aromatic N) is 2. The molecule has 1 aromatic rings. The normalized spacial score (nSPS) is 9.83. The van der Waals surface area contributed by atoms with E-state index in [0.29, 0.717) is 18.2 Å². The lowest BCUT2D eigenvalue weighted by Crippen LogP contribution is -1.99. The molecule has 0 bridgehead atoms. The highest BCUT2D eigenvalue weighted by Crippen LogP contribution is 2.11. The molecule has 0 aromatic carbocycles. The molecule has 1 aromatic heterocycles. The zero-order valence-electron chi connectivity index (χ0n) is 7.03. The number of hydrogen-bond donors (Lipinski definition) is 1. The Labute approximate surface area is 71.1 Å². The Hall–Kier alpha value is -1.29. The third kappa shape index (κ3) is 1.85. The lowest BCUT2D eigenvalue weighted by Gasteiger charge is -2.00. The quantitative estimate of drug-likeness (QED) is 0.665. The molecule has 0 saturated heterocycles. The van der Waals surface area contributed by atoms with Crippen molar-refractivity contribution in [3.05, 3.63) is 24.4 Å². The van der Waals surface area contributed by atoms with Crippen molar-refractivity contribution in [2.24, 2.45) is 7.05 Å². The third-order valence-corrected chi connectivity index (χ3v) is 1.40. The van der Waals surface area contributed by atoms with Crippen LogP contribution in [0.3, 0.4) is 0 Å². The van der Waals surface area contributed by atoms with E-state index in [1.54, 1.807) is 23.9 Å². The van der Waals surface area contributed by atoms with Gasteiger partial charge in [-0.25, -0.2) is 4.68 Å². The lowest BCUT2D eigenvalue weighted by molar-refractivity contribution is 0.275. The second kappa shape index (κ2) is 3.92. The highest BCUT2D eigenvalue weighted by atomic mass is 16.5. The van der Waals surface area contributed by atoms with Gasteiger partial charge in [-0.05, 0) is 0 Å². The van der Waals surface area contributed by atoms with Crippen LogP contribution < -0.4 is 4.74 Å². The molecule has 0 unspecified atom stereocenters. The highest BCUT2D eigenvalue weighted by Gasteiger charge is 2.03. The fourth-order valence-electron chi connectivity index (χ4n) is 0.863. The molecular formula is C8H12N2O2. The van der Waals surface area contributed by atoms with E-state index in [0.717, 1.165) is 0 Å². The zero-order chi connectivity index (χ0) is 8.97. The molecule has 1 heterocycles. The fourth-order valence-corrected chi connectivity index (χ4v) is 0.863. The van der Waals surface area contributed by atoms with E-state index in [9.17, 15) is 0 Å². The molecule has 66 valence electrons. The van der Waals surface area contributed by atoms with E-state index >= 15 is 0 Å². The van der Waals surface area contributed by atoms with Crippen molar-refractivity contribution in [2.75, 3.05) is 6.61 Å². The van der Waals surface area contributed by atoms with Gasteiger partial charge in [-0.3, -0.25) is 0 Å². The summed E-state index contributed by atoms with van der Waals surface area (Å²) in [6.45, 7) is 3.91. The summed E-state index contributed by atoms with van der Waals surface area (Å²) in [5.41, 5.74) is 0.608. The smallest absolute Gasteiger partial charge is 0.212 e. The summed E-state index contributed by atoms with van der Waals surface area (Å²) in [7, 11) is 1.76. The molecule has 0 aliphatic heterocycles. The van der Waals surface area contributed by atoms with Gasteiger partial charge in [0.15, 0.2) is 0 Å². The molecule has 0 saturated carbocycles. The molecule has 0 spiro atoms. The van der Waals surface area contributed by atoms with Crippen LogP contribution in [-0.4, -0.2) is 21.5 Å². The minimum absolute atomic E-state index is 0.0642. The average Bonchev–Trinajstić information content (AvgIpc) is 2.43. The first-order chi connectivity index (χ1) is 5.77. The molecule has 4 nitrogen and oxygen atoms in total. The van der Waals surface area contributed by atoms with Crippen LogP contribution in [0.15, 0.2) is 18.7 Å². The summed E-state index contributed by atoms with van der Waals surface area (Å²) in [5, 5.41) is 12.7. The Bertz CT molecular complexity index is 268. The SMILES string of the molecule is C=CCOc1cc(CO)nn1C. The van der Waals surface area contributed by atoms with Crippen molar-refractivity contribution in [2.45, 2.75) is 6.61 Å². The largest absolute Gasteiger partial charge is 0.474 e. The van der Waals surface area contributed by atoms with Crippen LogP contribution in [0.25, 0.3) is 0 Å². The first-order valence-corrected chi connectivity index (χ1v) is 3.65. The van der Waals surface area contributed by atoms with E-state index in [1.807, 2.05) is 0 Å². The highest BCUT2D eigenvalue weighted by molar-refractivity contribution is 5.15. The number of ether oxygens (including phenoxy) is 1. The molecule has 4 heteroatoms. The van der Waals surface area contributed by atoms with E-state index in [2.05, 4.69) is 11.7 Å². The predicted octanol–water partition coefficient (Wildman–Crippen LogP) is 0.477. The van der Waals surface area contributed by atoms with Crippen LogP contribution in [0, 0.1) is 0 Å². The Morgan fingerprint density at radius 1 is 1.83 bits per heavy atom. The monoisotopic (exact) mass is 168 g/mol. The number of aromatic nitrogens is 2. The van der Waals surface area contributed by atoms with Crippen molar-refractivity contribution < 1.29 is 9.84 Å². The van der Waals surface area contributed by atoms with Gasteiger partial charge in [0.05, 0.1) is 12.3 Å². The van der Waals surface area contributed by atoms with Crippen molar-refractivity contribution >= 4 is 0 Å². The average molecular weight is 168 g/mol. The maximum atomic E-state index is 8.75. The first-order valence-electron chi connectivity index (χ1n) is 3.65. The van der Waals surface area contributed by atoms with Gasteiger partial charge in [-0.1, -0.05) is 12.7 Å². The topological polar surface area (TPSA) is 47.3 Å². The van der Waals surface area contributed by atoms with E-state index in [-0.39, 0.29) is 6.61 Å². The van der Waals surface area contributed by atoms with Crippen LogP contribution in [0.2, 0.25) is 0 Å². The molecule has 0 amide bonds. The molecule has 0 aliphatic rings. The van der Waals surface area contributed by atoms with Crippen LogP contribution in [0.1, 0.15) is 5.69 Å². The maximum Gasteiger partial charge on any atom is 0.212 e. The number of aliphatic hydroxyl groups excluding tert-OH is 1. The van der Waals surface area contributed by atoms with Gasteiger partial charge < -0.3 is 9.84 Å². The van der Waals surface area contributed by atoms with Crippen LogP contribution in [0.4, 0.5) is 0 Å². The van der Waals surface area contributed by atoms with Crippen molar-refractivity contribution in [3.63, 3.8) is 0 Å². The predicted molar refractivity (Wildman–Crippen MR) is 44.8 cm³/mol. The Balaban J connectivity index is 2.70. The molecule has 1 N–H and O–H groups in total. The minimum Gasteiger partial charge on any atom is -0.474 e. The lowest BCUT2D eigenvalue weighted by atomic mass is 10.5. The van der Waals surface area contributed by atoms with E-state index < -0.39 is 0 Å². The fraction of sp³-hybridized carbons (Fsp3) is 0.375. The summed E-state index contributed by atoms with van der Waals surface area (Å²) in [6, 6.07) is 1.70. The standard InChI is InChI=1S/C8H12N2O2/c1-3-4-12-8-5-7(6-11)9-10(8)2/h3,5,11H,1,4,6H2,2H3. The maximum absolute atomic E-state index is 8.75. The van der Waals surface area contributed by atoms with Gasteiger partial charge in [-0.15, -0.1) is 0 Å². The number of aliphatic hydroxyl groups is 1. The molecule has 0 aliphatic carbocycles. The van der Waals surface area contributed by atoms with Gasteiger partial charge >= 0.3 is 0 Å². The first kappa shape index (κ1) is 8.80. The van der Waals surface area contributed by atoms with Gasteiger partial charge in [0, 0.05) is 13.1 Å². The second-order valence-corrected chi connectivity index (χ2v) is 2.36. The minimum atomic E-state index is -0.0642. The zero-order valence-corrected chi connectivity index (χ0v) is 7.03. The summed E-state index contributed by atoms with van der Waals surface area (Å²) in [4.78, 5) is 0.